The fraction of sp³-hybridized carbons (Fsp3) is 0.231. The van der Waals surface area contributed by atoms with Crippen molar-refractivity contribution in [3.8, 4) is 11.4 Å². The number of aliphatic hydroxyl groups excluding tert-OH is 1. The Morgan fingerprint density at radius 2 is 2.00 bits per heavy atom. The highest BCUT2D eigenvalue weighted by Gasteiger charge is 2.06. The molecule has 0 atom stereocenters. The van der Waals surface area contributed by atoms with E-state index in [-0.39, 0.29) is 6.61 Å². The Kier molecular flexibility index (Phi) is 3.54. The van der Waals surface area contributed by atoms with Crippen molar-refractivity contribution in [1.29, 1.82) is 0 Å². The maximum Gasteiger partial charge on any atom is 0.159 e. The maximum atomic E-state index is 9.19. The van der Waals surface area contributed by atoms with Gasteiger partial charge in [-0.05, 0) is 31.0 Å². The zero-order chi connectivity index (χ0) is 12.4. The number of hydrogen-bond acceptors (Lipinski definition) is 3. The minimum absolute atomic E-state index is 0.0611. The van der Waals surface area contributed by atoms with Gasteiger partial charge in [-0.2, -0.15) is 0 Å². The van der Waals surface area contributed by atoms with Crippen molar-refractivity contribution in [1.82, 2.24) is 9.97 Å². The van der Waals surface area contributed by atoms with E-state index in [9.17, 15) is 5.11 Å². The summed E-state index contributed by atoms with van der Waals surface area (Å²) in [4.78, 5) is 8.63. The Labute approximate surface area is 109 Å². The molecule has 1 aromatic heterocycles. The molecule has 0 saturated carbocycles. The average Bonchev–Trinajstić information content (AvgIpc) is 2.33. The number of halogens is 1. The predicted octanol–water partition coefficient (Wildman–Crippen LogP) is 3.02. The van der Waals surface area contributed by atoms with Crippen LogP contribution in [0.5, 0.6) is 0 Å². The lowest BCUT2D eigenvalue weighted by Gasteiger charge is -2.06. The van der Waals surface area contributed by atoms with Crippen LogP contribution in [0, 0.1) is 13.8 Å². The molecule has 3 nitrogen and oxygen atoms in total. The first-order chi connectivity index (χ1) is 8.11. The van der Waals surface area contributed by atoms with Gasteiger partial charge in [0, 0.05) is 16.2 Å². The Balaban J connectivity index is 2.49. The molecule has 0 bridgehead atoms. The van der Waals surface area contributed by atoms with E-state index in [1.807, 2.05) is 32.0 Å². The zero-order valence-electron chi connectivity index (χ0n) is 9.74. The summed E-state index contributed by atoms with van der Waals surface area (Å²) in [5.41, 5.74) is 3.69. The van der Waals surface area contributed by atoms with E-state index in [1.54, 1.807) is 6.20 Å². The van der Waals surface area contributed by atoms with Crippen LogP contribution >= 0.6 is 15.9 Å². The molecule has 1 aromatic carbocycles. The Morgan fingerprint density at radius 3 is 2.65 bits per heavy atom. The van der Waals surface area contributed by atoms with E-state index in [4.69, 9.17) is 0 Å². The number of hydrogen-bond donors (Lipinski definition) is 1. The first kappa shape index (κ1) is 12.2. The first-order valence-electron chi connectivity index (χ1n) is 5.31. The van der Waals surface area contributed by atoms with Gasteiger partial charge in [0.25, 0.3) is 0 Å². The fourth-order valence-electron chi connectivity index (χ4n) is 1.51. The summed E-state index contributed by atoms with van der Waals surface area (Å²) in [6.07, 6.45) is 1.74. The molecule has 0 unspecified atom stereocenters. The van der Waals surface area contributed by atoms with Crippen LogP contribution in [0.2, 0.25) is 0 Å². The van der Waals surface area contributed by atoms with Gasteiger partial charge in [-0.15, -0.1) is 0 Å². The van der Waals surface area contributed by atoms with E-state index in [2.05, 4.69) is 25.9 Å². The molecule has 1 N–H and O–H groups in total. The molecule has 0 saturated heterocycles. The number of nitrogens with zero attached hydrogens (tertiary/aromatic N) is 2. The quantitative estimate of drug-likeness (QED) is 0.925. The minimum Gasteiger partial charge on any atom is -0.390 e. The first-order valence-corrected chi connectivity index (χ1v) is 6.11. The van der Waals surface area contributed by atoms with Crippen LogP contribution in [0.25, 0.3) is 11.4 Å². The molecule has 17 heavy (non-hydrogen) atoms. The van der Waals surface area contributed by atoms with Crippen molar-refractivity contribution >= 4 is 15.9 Å². The highest BCUT2D eigenvalue weighted by Crippen LogP contribution is 2.23. The summed E-state index contributed by atoms with van der Waals surface area (Å²) in [5.74, 6) is 0.639. The fourth-order valence-corrected chi connectivity index (χ4v) is 1.89. The van der Waals surface area contributed by atoms with E-state index in [1.165, 1.54) is 5.56 Å². The lowest BCUT2D eigenvalue weighted by Crippen LogP contribution is -1.98. The molecule has 0 fully saturated rings. The van der Waals surface area contributed by atoms with E-state index in [0.29, 0.717) is 11.5 Å². The molecule has 0 aliphatic heterocycles. The van der Waals surface area contributed by atoms with Crippen LogP contribution in [0.4, 0.5) is 0 Å². The van der Waals surface area contributed by atoms with E-state index in [0.717, 1.165) is 15.6 Å². The van der Waals surface area contributed by atoms with Crippen LogP contribution in [0.15, 0.2) is 28.9 Å². The van der Waals surface area contributed by atoms with E-state index >= 15 is 0 Å². The second-order valence-corrected chi connectivity index (χ2v) is 4.80. The van der Waals surface area contributed by atoms with Crippen molar-refractivity contribution in [2.45, 2.75) is 20.5 Å². The molecule has 0 spiro atoms. The second-order valence-electron chi connectivity index (χ2n) is 3.95. The van der Waals surface area contributed by atoms with Gasteiger partial charge >= 0.3 is 0 Å². The molecule has 88 valence electrons. The summed E-state index contributed by atoms with van der Waals surface area (Å²) in [6.45, 7) is 3.86. The van der Waals surface area contributed by atoms with Crippen molar-refractivity contribution < 1.29 is 5.11 Å². The number of benzene rings is 1. The van der Waals surface area contributed by atoms with Crippen molar-refractivity contribution in [2.75, 3.05) is 0 Å². The van der Waals surface area contributed by atoms with Gasteiger partial charge in [0.1, 0.15) is 0 Å². The molecule has 0 aliphatic carbocycles. The van der Waals surface area contributed by atoms with Gasteiger partial charge in [-0.3, -0.25) is 0 Å². The SMILES string of the molecule is Cc1ccc(-c2ncc(C)c(CO)n2)cc1Br. The number of aryl methyl sites for hydroxylation is 2. The van der Waals surface area contributed by atoms with Crippen molar-refractivity contribution in [2.24, 2.45) is 0 Å². The summed E-state index contributed by atoms with van der Waals surface area (Å²) >= 11 is 3.49. The Bertz CT molecular complexity index is 555. The lowest BCUT2D eigenvalue weighted by molar-refractivity contribution is 0.276. The second kappa shape index (κ2) is 4.94. The predicted molar refractivity (Wildman–Crippen MR) is 70.6 cm³/mol. The molecule has 0 radical (unpaired) electrons. The summed E-state index contributed by atoms with van der Waals surface area (Å²) in [5, 5.41) is 9.19. The third-order valence-electron chi connectivity index (χ3n) is 2.66. The third kappa shape index (κ3) is 2.53. The van der Waals surface area contributed by atoms with Gasteiger partial charge in [0.15, 0.2) is 5.82 Å². The van der Waals surface area contributed by atoms with Gasteiger partial charge in [0.05, 0.1) is 12.3 Å². The van der Waals surface area contributed by atoms with Crippen LogP contribution in [-0.2, 0) is 6.61 Å². The molecule has 2 aromatic rings. The van der Waals surface area contributed by atoms with Crippen molar-refractivity contribution in [3.63, 3.8) is 0 Å². The average molecular weight is 293 g/mol. The van der Waals surface area contributed by atoms with Gasteiger partial charge in [-0.25, -0.2) is 9.97 Å². The molecule has 4 heteroatoms. The standard InChI is InChI=1S/C13H13BrN2O/c1-8-3-4-10(5-11(8)14)13-15-6-9(2)12(7-17)16-13/h3-6,17H,7H2,1-2H3. The van der Waals surface area contributed by atoms with Crippen LogP contribution in [0.1, 0.15) is 16.8 Å². The number of rotatable bonds is 2. The lowest BCUT2D eigenvalue weighted by atomic mass is 10.1. The molecular formula is C13H13BrN2O. The van der Waals surface area contributed by atoms with E-state index < -0.39 is 0 Å². The molecular weight excluding hydrogens is 280 g/mol. The topological polar surface area (TPSA) is 46.0 Å². The van der Waals surface area contributed by atoms with Crippen LogP contribution in [-0.4, -0.2) is 15.1 Å². The minimum atomic E-state index is -0.0611. The number of aromatic nitrogens is 2. The van der Waals surface area contributed by atoms with Gasteiger partial charge in [0.2, 0.25) is 0 Å². The molecule has 2 rings (SSSR count). The number of aliphatic hydroxyl groups is 1. The van der Waals surface area contributed by atoms with Crippen LogP contribution in [0.3, 0.4) is 0 Å². The molecule has 0 aliphatic rings. The van der Waals surface area contributed by atoms with Gasteiger partial charge in [-0.1, -0.05) is 28.1 Å². The zero-order valence-corrected chi connectivity index (χ0v) is 11.3. The monoisotopic (exact) mass is 292 g/mol. The molecule has 1 heterocycles. The highest BCUT2D eigenvalue weighted by molar-refractivity contribution is 9.10. The summed E-state index contributed by atoms with van der Waals surface area (Å²) in [6, 6.07) is 5.98. The third-order valence-corrected chi connectivity index (χ3v) is 3.51. The molecule has 0 amide bonds. The normalized spacial score (nSPS) is 10.6. The Morgan fingerprint density at radius 1 is 1.24 bits per heavy atom. The maximum absolute atomic E-state index is 9.19. The Hall–Kier alpha value is -1.26. The van der Waals surface area contributed by atoms with Gasteiger partial charge < -0.3 is 5.11 Å². The smallest absolute Gasteiger partial charge is 0.159 e. The highest BCUT2D eigenvalue weighted by atomic mass is 79.9. The summed E-state index contributed by atoms with van der Waals surface area (Å²) < 4.78 is 1.03. The summed E-state index contributed by atoms with van der Waals surface area (Å²) in [7, 11) is 0. The largest absolute Gasteiger partial charge is 0.390 e. The van der Waals surface area contributed by atoms with Crippen LogP contribution < -0.4 is 0 Å². The van der Waals surface area contributed by atoms with Crippen molar-refractivity contribution in [3.05, 3.63) is 45.7 Å².